The molecule has 0 bridgehead atoms. The van der Waals surface area contributed by atoms with E-state index < -0.39 is 12.1 Å². The summed E-state index contributed by atoms with van der Waals surface area (Å²) in [5.41, 5.74) is 0. The van der Waals surface area contributed by atoms with E-state index in [1.54, 1.807) is 0 Å². The Balaban J connectivity index is 2.05. The van der Waals surface area contributed by atoms with Crippen molar-refractivity contribution in [3.63, 3.8) is 0 Å². The average Bonchev–Trinajstić information content (AvgIpc) is 3.04. The number of amides is 1. The van der Waals surface area contributed by atoms with E-state index in [0.29, 0.717) is 25.7 Å². The van der Waals surface area contributed by atoms with Crippen LogP contribution in [0.4, 0.5) is 13.2 Å². The van der Waals surface area contributed by atoms with Crippen LogP contribution in [-0.2, 0) is 4.79 Å². The number of alkyl halides is 3. The van der Waals surface area contributed by atoms with E-state index in [1.807, 2.05) is 7.05 Å². The molecule has 1 aliphatic carbocycles. The molecule has 0 spiro atoms. The lowest BCUT2D eigenvalue weighted by atomic mass is 10.0. The first-order valence-corrected chi connectivity index (χ1v) is 5.97. The summed E-state index contributed by atoms with van der Waals surface area (Å²) >= 11 is 0. The maximum atomic E-state index is 12.5. The Morgan fingerprint density at radius 1 is 1.12 bits per heavy atom. The number of nitrogens with zero attached hydrogens (tertiary/aromatic N) is 2. The van der Waals surface area contributed by atoms with Crippen molar-refractivity contribution >= 4 is 5.91 Å². The van der Waals surface area contributed by atoms with Gasteiger partial charge in [-0.3, -0.25) is 4.79 Å². The zero-order chi connectivity index (χ0) is 12.6. The van der Waals surface area contributed by atoms with Crippen LogP contribution >= 0.6 is 0 Å². The molecule has 2 fully saturated rings. The van der Waals surface area contributed by atoms with Crippen LogP contribution in [0.2, 0.25) is 0 Å². The fourth-order valence-electron chi connectivity index (χ4n) is 2.40. The van der Waals surface area contributed by atoms with E-state index in [9.17, 15) is 18.0 Å². The van der Waals surface area contributed by atoms with Crippen LogP contribution in [0.15, 0.2) is 0 Å². The predicted octanol–water partition coefficient (Wildman–Crippen LogP) is 1.63. The number of hydrogen-bond acceptors (Lipinski definition) is 2. The highest BCUT2D eigenvalue weighted by molar-refractivity contribution is 5.82. The third-order valence-corrected chi connectivity index (χ3v) is 3.50. The van der Waals surface area contributed by atoms with Gasteiger partial charge in [0.1, 0.15) is 0 Å². The Bertz CT molecular complexity index is 294. The summed E-state index contributed by atoms with van der Waals surface area (Å²) in [6, 6.07) is -0.398. The van der Waals surface area contributed by atoms with Gasteiger partial charge in [-0.1, -0.05) is 0 Å². The summed E-state index contributed by atoms with van der Waals surface area (Å²) < 4.78 is 37.6. The predicted molar refractivity (Wildman–Crippen MR) is 56.4 cm³/mol. The van der Waals surface area contributed by atoms with Crippen LogP contribution in [0.3, 0.4) is 0 Å². The Hall–Kier alpha value is -0.780. The molecule has 2 aliphatic rings. The second-order valence-electron chi connectivity index (χ2n) is 4.98. The highest BCUT2D eigenvalue weighted by Crippen LogP contribution is 2.35. The maximum Gasteiger partial charge on any atom is 0.471 e. The van der Waals surface area contributed by atoms with E-state index >= 15 is 0 Å². The molecule has 1 aliphatic heterocycles. The summed E-state index contributed by atoms with van der Waals surface area (Å²) in [6.45, 7) is 1.53. The van der Waals surface area contributed by atoms with Gasteiger partial charge in [-0.2, -0.15) is 13.2 Å². The van der Waals surface area contributed by atoms with Crippen molar-refractivity contribution in [3.8, 4) is 0 Å². The van der Waals surface area contributed by atoms with Gasteiger partial charge < -0.3 is 9.80 Å². The summed E-state index contributed by atoms with van der Waals surface area (Å²) in [5.74, 6) is -1.64. The smallest absolute Gasteiger partial charge is 0.329 e. The van der Waals surface area contributed by atoms with Crippen molar-refractivity contribution in [2.24, 2.45) is 0 Å². The second-order valence-corrected chi connectivity index (χ2v) is 4.98. The van der Waals surface area contributed by atoms with E-state index in [1.165, 1.54) is 0 Å². The average molecular weight is 250 g/mol. The minimum Gasteiger partial charge on any atom is -0.329 e. The fraction of sp³-hybridized carbons (Fsp3) is 0.909. The third kappa shape index (κ3) is 2.91. The fourth-order valence-corrected chi connectivity index (χ4v) is 2.40. The number of piperidine rings is 1. The molecule has 1 saturated heterocycles. The molecule has 0 atom stereocenters. The molecule has 17 heavy (non-hydrogen) atoms. The van der Waals surface area contributed by atoms with Gasteiger partial charge in [0.25, 0.3) is 0 Å². The number of likely N-dealkylation sites (tertiary alicyclic amines) is 1. The Morgan fingerprint density at radius 2 is 1.59 bits per heavy atom. The van der Waals surface area contributed by atoms with Crippen LogP contribution in [-0.4, -0.2) is 54.1 Å². The minimum absolute atomic E-state index is 0.169. The van der Waals surface area contributed by atoms with Crippen molar-refractivity contribution in [3.05, 3.63) is 0 Å². The summed E-state index contributed by atoms with van der Waals surface area (Å²) in [4.78, 5) is 14.6. The second kappa shape index (κ2) is 4.48. The lowest BCUT2D eigenvalue weighted by Crippen LogP contribution is -2.51. The van der Waals surface area contributed by atoms with E-state index in [-0.39, 0.29) is 12.1 Å². The zero-order valence-electron chi connectivity index (χ0n) is 9.83. The molecule has 6 heteroatoms. The molecule has 3 nitrogen and oxygen atoms in total. The molecule has 0 aromatic rings. The van der Waals surface area contributed by atoms with Gasteiger partial charge in [-0.15, -0.1) is 0 Å². The van der Waals surface area contributed by atoms with Gasteiger partial charge in [0.05, 0.1) is 0 Å². The third-order valence-electron chi connectivity index (χ3n) is 3.50. The molecule has 0 aromatic carbocycles. The molecule has 98 valence electrons. The molecule has 0 N–H and O–H groups in total. The van der Waals surface area contributed by atoms with Crippen molar-refractivity contribution in [2.75, 3.05) is 20.1 Å². The normalized spacial score (nSPS) is 23.8. The molecule has 0 aromatic heterocycles. The van der Waals surface area contributed by atoms with Crippen molar-refractivity contribution < 1.29 is 18.0 Å². The Kier molecular flexibility index (Phi) is 3.34. The topological polar surface area (TPSA) is 23.6 Å². The Morgan fingerprint density at radius 3 is 2.00 bits per heavy atom. The monoisotopic (exact) mass is 250 g/mol. The lowest BCUT2D eigenvalue weighted by molar-refractivity contribution is -0.189. The number of hydrogen-bond donors (Lipinski definition) is 0. The van der Waals surface area contributed by atoms with Crippen LogP contribution in [0.1, 0.15) is 25.7 Å². The SMILES string of the molecule is CN1CCC(N(C(=O)C(F)(F)F)C2CC2)CC1. The summed E-state index contributed by atoms with van der Waals surface area (Å²) in [7, 11) is 1.95. The first kappa shape index (κ1) is 12.7. The molecular weight excluding hydrogens is 233 g/mol. The van der Waals surface area contributed by atoms with Gasteiger partial charge in [0.15, 0.2) is 0 Å². The molecule has 1 heterocycles. The van der Waals surface area contributed by atoms with E-state index in [2.05, 4.69) is 4.90 Å². The number of carbonyl (C=O) groups excluding carboxylic acids is 1. The van der Waals surface area contributed by atoms with Crippen molar-refractivity contribution in [1.82, 2.24) is 9.80 Å². The first-order valence-electron chi connectivity index (χ1n) is 5.97. The molecule has 0 unspecified atom stereocenters. The number of rotatable bonds is 2. The Labute approximate surface area is 98.6 Å². The molecule has 1 amide bonds. The van der Waals surface area contributed by atoms with Crippen LogP contribution in [0.5, 0.6) is 0 Å². The van der Waals surface area contributed by atoms with Crippen molar-refractivity contribution in [1.29, 1.82) is 0 Å². The van der Waals surface area contributed by atoms with Crippen LogP contribution in [0.25, 0.3) is 0 Å². The molecule has 0 radical (unpaired) electrons. The summed E-state index contributed by atoms with van der Waals surface area (Å²) in [5, 5.41) is 0. The molecular formula is C11H17F3N2O. The first-order chi connectivity index (χ1) is 7.89. The van der Waals surface area contributed by atoms with Gasteiger partial charge in [-0.25, -0.2) is 0 Å². The highest BCUT2D eigenvalue weighted by Gasteiger charge is 2.49. The van der Waals surface area contributed by atoms with Gasteiger partial charge in [0.2, 0.25) is 0 Å². The number of halogens is 3. The van der Waals surface area contributed by atoms with E-state index in [4.69, 9.17) is 0 Å². The quantitative estimate of drug-likeness (QED) is 0.743. The van der Waals surface area contributed by atoms with Crippen LogP contribution < -0.4 is 0 Å². The molecule has 1 saturated carbocycles. The van der Waals surface area contributed by atoms with Gasteiger partial charge in [-0.05, 0) is 45.8 Å². The van der Waals surface area contributed by atoms with Crippen LogP contribution in [0, 0.1) is 0 Å². The number of carbonyl (C=O) groups is 1. The van der Waals surface area contributed by atoms with Crippen molar-refractivity contribution in [2.45, 2.75) is 43.9 Å². The minimum atomic E-state index is -4.73. The highest BCUT2D eigenvalue weighted by atomic mass is 19.4. The largest absolute Gasteiger partial charge is 0.471 e. The van der Waals surface area contributed by atoms with E-state index in [0.717, 1.165) is 18.0 Å². The summed E-state index contributed by atoms with van der Waals surface area (Å²) in [6.07, 6.45) is -2.00. The standard InChI is InChI=1S/C11H17F3N2O/c1-15-6-4-9(5-7-15)16(8-2-3-8)10(17)11(12,13)14/h8-9H,2-7H2,1H3. The lowest BCUT2D eigenvalue weighted by Gasteiger charge is -2.37. The zero-order valence-corrected chi connectivity index (χ0v) is 9.83. The maximum absolute atomic E-state index is 12.5. The van der Waals surface area contributed by atoms with Gasteiger partial charge in [0, 0.05) is 12.1 Å². The van der Waals surface area contributed by atoms with Gasteiger partial charge >= 0.3 is 12.1 Å². The molecule has 2 rings (SSSR count).